The molecule has 2 aromatic heterocycles. The van der Waals surface area contributed by atoms with Gasteiger partial charge in [-0.3, -0.25) is 0 Å². The first-order valence-corrected chi connectivity index (χ1v) is 11.1. The molecule has 4 aromatic rings. The Morgan fingerprint density at radius 1 is 1.03 bits per heavy atom. The molecule has 0 radical (unpaired) electrons. The Labute approximate surface area is 169 Å². The third-order valence-corrected chi connectivity index (χ3v) is 5.95. The van der Waals surface area contributed by atoms with Crippen LogP contribution in [0.3, 0.4) is 0 Å². The average Bonchev–Trinajstić information content (AvgIpc) is 3.13. The molecule has 0 saturated carbocycles. The van der Waals surface area contributed by atoms with Gasteiger partial charge in [0.25, 0.3) is 0 Å². The molecule has 0 saturated heterocycles. The van der Waals surface area contributed by atoms with Gasteiger partial charge in [-0.05, 0) is 36.2 Å². The summed E-state index contributed by atoms with van der Waals surface area (Å²) in [6, 6.07) is 18.4. The van der Waals surface area contributed by atoms with Gasteiger partial charge in [-0.25, -0.2) is 13.4 Å². The first-order valence-electron chi connectivity index (χ1n) is 9.20. The van der Waals surface area contributed by atoms with Crippen LogP contribution in [0.4, 0.5) is 0 Å². The molecule has 0 fully saturated rings. The molecular weight excluding hydrogens is 386 g/mol. The van der Waals surface area contributed by atoms with Crippen LogP contribution < -0.4 is 5.73 Å². The highest BCUT2D eigenvalue weighted by atomic mass is 32.2. The van der Waals surface area contributed by atoms with Gasteiger partial charge in [0, 0.05) is 35.4 Å². The topological polar surface area (TPSA) is 99.1 Å². The summed E-state index contributed by atoms with van der Waals surface area (Å²) in [5, 5.41) is 5.23. The molecule has 0 aliphatic carbocycles. The Kier molecular flexibility index (Phi) is 4.94. The third kappa shape index (κ3) is 3.79. The quantitative estimate of drug-likeness (QED) is 0.540. The Balaban J connectivity index is 1.74. The zero-order valence-corrected chi connectivity index (χ0v) is 17.0. The van der Waals surface area contributed by atoms with Crippen LogP contribution in [0.2, 0.25) is 0 Å². The highest BCUT2D eigenvalue weighted by molar-refractivity contribution is 7.90. The van der Waals surface area contributed by atoms with Crippen LogP contribution in [-0.2, 0) is 16.3 Å². The van der Waals surface area contributed by atoms with Gasteiger partial charge >= 0.3 is 0 Å². The zero-order valence-electron chi connectivity index (χ0n) is 16.2. The van der Waals surface area contributed by atoms with Gasteiger partial charge in [0.05, 0.1) is 0 Å². The Hall–Kier alpha value is -3.03. The second kappa shape index (κ2) is 7.42. The first kappa shape index (κ1) is 19.3. The molecule has 148 valence electrons. The number of para-hydroxylation sites is 1. The van der Waals surface area contributed by atoms with Gasteiger partial charge in [-0.15, -0.1) is 0 Å². The van der Waals surface area contributed by atoms with Crippen molar-refractivity contribution in [1.82, 2.24) is 10.1 Å². The monoisotopic (exact) mass is 407 g/mol. The number of nitrogens with two attached hydrogens (primary N) is 1. The molecule has 1 atom stereocenters. The normalized spacial score (nSPS) is 12.9. The van der Waals surface area contributed by atoms with Gasteiger partial charge in [-0.1, -0.05) is 47.6 Å². The number of nitrogens with zero attached hydrogens (tertiary/aromatic N) is 2. The second-order valence-electron chi connectivity index (χ2n) is 7.11. The van der Waals surface area contributed by atoms with Crippen molar-refractivity contribution in [2.75, 3.05) is 6.26 Å². The SMILES string of the molecule is Cc1ccc(S(C)(=O)=O)nc1CC(N)c1ccccc1-c1noc2ccccc12. The number of aryl methyl sites for hydroxylation is 1. The molecule has 7 heteroatoms. The van der Waals surface area contributed by atoms with E-state index < -0.39 is 9.84 Å². The Morgan fingerprint density at radius 3 is 2.55 bits per heavy atom. The molecule has 0 bridgehead atoms. The van der Waals surface area contributed by atoms with Gasteiger partial charge in [0.1, 0.15) is 5.69 Å². The van der Waals surface area contributed by atoms with Gasteiger partial charge in [0.2, 0.25) is 0 Å². The molecule has 2 N–H and O–H groups in total. The summed E-state index contributed by atoms with van der Waals surface area (Å²) < 4.78 is 29.2. The number of benzene rings is 2. The number of fused-ring (bicyclic) bond motifs is 1. The second-order valence-corrected chi connectivity index (χ2v) is 9.07. The summed E-state index contributed by atoms with van der Waals surface area (Å²) in [4.78, 5) is 4.35. The predicted octanol–water partition coefficient (Wildman–Crippen LogP) is 3.84. The van der Waals surface area contributed by atoms with Crippen molar-refractivity contribution >= 4 is 20.8 Å². The smallest absolute Gasteiger partial charge is 0.192 e. The van der Waals surface area contributed by atoms with E-state index in [0.29, 0.717) is 17.7 Å². The lowest BCUT2D eigenvalue weighted by Crippen LogP contribution is -2.17. The number of hydrogen-bond donors (Lipinski definition) is 1. The van der Waals surface area contributed by atoms with Crippen LogP contribution in [-0.4, -0.2) is 24.8 Å². The van der Waals surface area contributed by atoms with Crippen molar-refractivity contribution in [3.8, 4) is 11.3 Å². The van der Waals surface area contributed by atoms with Gasteiger partial charge < -0.3 is 10.3 Å². The van der Waals surface area contributed by atoms with E-state index in [0.717, 1.165) is 34.0 Å². The minimum absolute atomic E-state index is 0.0566. The van der Waals surface area contributed by atoms with E-state index in [2.05, 4.69) is 10.1 Å². The fraction of sp³-hybridized carbons (Fsp3) is 0.182. The Morgan fingerprint density at radius 2 is 1.76 bits per heavy atom. The van der Waals surface area contributed by atoms with Crippen molar-refractivity contribution < 1.29 is 12.9 Å². The lowest BCUT2D eigenvalue weighted by atomic mass is 9.93. The van der Waals surface area contributed by atoms with Crippen molar-refractivity contribution in [2.45, 2.75) is 24.4 Å². The van der Waals surface area contributed by atoms with Crippen LogP contribution >= 0.6 is 0 Å². The molecule has 0 spiro atoms. The van der Waals surface area contributed by atoms with Crippen LogP contribution in [0.15, 0.2) is 70.2 Å². The fourth-order valence-corrected chi connectivity index (χ4v) is 3.99. The van der Waals surface area contributed by atoms with E-state index >= 15 is 0 Å². The van der Waals surface area contributed by atoms with Crippen LogP contribution in [0.5, 0.6) is 0 Å². The molecule has 0 aliphatic rings. The summed E-state index contributed by atoms with van der Waals surface area (Å²) in [5.74, 6) is 0. The highest BCUT2D eigenvalue weighted by Gasteiger charge is 2.19. The maximum atomic E-state index is 11.9. The molecule has 0 amide bonds. The van der Waals surface area contributed by atoms with Crippen LogP contribution in [0, 0.1) is 6.92 Å². The average molecular weight is 407 g/mol. The van der Waals surface area contributed by atoms with Crippen molar-refractivity contribution in [3.63, 3.8) is 0 Å². The molecule has 29 heavy (non-hydrogen) atoms. The first-order chi connectivity index (χ1) is 13.8. The summed E-state index contributed by atoms with van der Waals surface area (Å²) in [6.45, 7) is 1.90. The largest absolute Gasteiger partial charge is 0.356 e. The molecular formula is C22H21N3O3S. The minimum Gasteiger partial charge on any atom is -0.356 e. The summed E-state index contributed by atoms with van der Waals surface area (Å²) in [6.07, 6.45) is 1.56. The molecule has 1 unspecified atom stereocenters. The molecule has 0 aliphatic heterocycles. The lowest BCUT2D eigenvalue weighted by molar-refractivity contribution is 0.459. The fourth-order valence-electron chi connectivity index (χ4n) is 3.40. The number of rotatable bonds is 5. The molecule has 2 aromatic carbocycles. The lowest BCUT2D eigenvalue weighted by Gasteiger charge is -2.17. The van der Waals surface area contributed by atoms with Gasteiger partial charge in [-0.2, -0.15) is 0 Å². The van der Waals surface area contributed by atoms with Crippen LogP contribution in [0.25, 0.3) is 22.2 Å². The minimum atomic E-state index is -3.38. The zero-order chi connectivity index (χ0) is 20.6. The number of hydrogen-bond acceptors (Lipinski definition) is 6. The summed E-state index contributed by atoms with van der Waals surface area (Å²) >= 11 is 0. The number of aromatic nitrogens is 2. The van der Waals surface area contributed by atoms with Crippen LogP contribution in [0.1, 0.15) is 22.9 Å². The summed E-state index contributed by atoms with van der Waals surface area (Å²) in [7, 11) is -3.38. The van der Waals surface area contributed by atoms with E-state index in [9.17, 15) is 8.42 Å². The van der Waals surface area contributed by atoms with Gasteiger partial charge in [0.15, 0.2) is 20.4 Å². The Bertz CT molecular complexity index is 1300. The van der Waals surface area contributed by atoms with E-state index in [1.165, 1.54) is 6.07 Å². The maximum absolute atomic E-state index is 11.9. The van der Waals surface area contributed by atoms with E-state index in [4.69, 9.17) is 10.3 Å². The predicted molar refractivity (Wildman–Crippen MR) is 112 cm³/mol. The number of sulfone groups is 1. The number of pyridine rings is 1. The maximum Gasteiger partial charge on any atom is 0.192 e. The standard InChI is InChI=1S/C22H21N3O3S/c1-14-11-12-21(29(2,26)27)24-19(14)13-18(23)15-7-3-4-8-16(15)22-17-9-5-6-10-20(17)28-25-22/h3-12,18H,13,23H2,1-2H3. The summed E-state index contributed by atoms with van der Waals surface area (Å²) in [5.41, 5.74) is 11.4. The molecule has 6 nitrogen and oxygen atoms in total. The van der Waals surface area contributed by atoms with Crippen molar-refractivity contribution in [3.05, 3.63) is 77.5 Å². The molecule has 4 rings (SSSR count). The highest BCUT2D eigenvalue weighted by Crippen LogP contribution is 2.33. The van der Waals surface area contributed by atoms with Crippen molar-refractivity contribution in [2.24, 2.45) is 5.73 Å². The van der Waals surface area contributed by atoms with E-state index in [1.54, 1.807) is 6.07 Å². The molecule has 2 heterocycles. The van der Waals surface area contributed by atoms with E-state index in [-0.39, 0.29) is 11.1 Å². The van der Waals surface area contributed by atoms with Crippen molar-refractivity contribution in [1.29, 1.82) is 0 Å². The van der Waals surface area contributed by atoms with E-state index in [1.807, 2.05) is 55.5 Å². The third-order valence-electron chi connectivity index (χ3n) is 4.96.